The first-order valence-electron chi connectivity index (χ1n) is 10.6. The first-order valence-corrected chi connectivity index (χ1v) is 12.3. The summed E-state index contributed by atoms with van der Waals surface area (Å²) < 4.78 is 24.8. The molecule has 0 spiro atoms. The molecule has 2 N–H and O–H groups in total. The summed E-state index contributed by atoms with van der Waals surface area (Å²) >= 11 is 0. The monoisotopic (exact) mass is 414 g/mol. The van der Waals surface area contributed by atoms with Gasteiger partial charge in [0.1, 0.15) is 5.65 Å². The van der Waals surface area contributed by atoms with E-state index in [-0.39, 0.29) is 24.2 Å². The third kappa shape index (κ3) is 4.33. The Hall–Kier alpha value is -1.92. The topological polar surface area (TPSA) is 83.1 Å². The molecule has 0 amide bonds. The van der Waals surface area contributed by atoms with Gasteiger partial charge in [-0.15, -0.1) is 0 Å². The van der Waals surface area contributed by atoms with E-state index in [4.69, 9.17) is 5.11 Å². The van der Waals surface area contributed by atoms with Crippen molar-refractivity contribution in [3.8, 4) is 0 Å². The van der Waals surface area contributed by atoms with E-state index in [1.54, 1.807) is 12.3 Å². The average molecular weight is 415 g/mol. The largest absolute Gasteiger partial charge is 0.395 e. The van der Waals surface area contributed by atoms with E-state index < -0.39 is 9.84 Å². The van der Waals surface area contributed by atoms with Gasteiger partial charge in [-0.2, -0.15) is 0 Å². The molecule has 156 valence electrons. The second-order valence-corrected chi connectivity index (χ2v) is 10.7. The van der Waals surface area contributed by atoms with Crippen LogP contribution in [-0.2, 0) is 9.84 Å². The number of hydrogen-bond acceptors (Lipinski definition) is 4. The van der Waals surface area contributed by atoms with Crippen molar-refractivity contribution < 1.29 is 13.5 Å². The molecule has 0 bridgehead atoms. The summed E-state index contributed by atoms with van der Waals surface area (Å²) in [5, 5.41) is 10.2. The van der Waals surface area contributed by atoms with Crippen LogP contribution in [0.3, 0.4) is 0 Å². The first-order chi connectivity index (χ1) is 14.0. The predicted molar refractivity (Wildman–Crippen MR) is 116 cm³/mol. The minimum absolute atomic E-state index is 0.106. The van der Waals surface area contributed by atoms with Crippen LogP contribution in [0.5, 0.6) is 0 Å². The zero-order chi connectivity index (χ0) is 20.4. The van der Waals surface area contributed by atoms with Crippen molar-refractivity contribution in [3.63, 3.8) is 0 Å². The molecule has 2 aliphatic carbocycles. The molecule has 2 aromatic rings. The van der Waals surface area contributed by atoms with Crippen LogP contribution < -0.4 is 0 Å². The van der Waals surface area contributed by atoms with Crippen molar-refractivity contribution >= 4 is 20.9 Å². The van der Waals surface area contributed by atoms with Gasteiger partial charge in [-0.3, -0.25) is 0 Å². The van der Waals surface area contributed by atoms with Crippen LogP contribution in [0.2, 0.25) is 0 Å². The van der Waals surface area contributed by atoms with Crippen LogP contribution in [0.4, 0.5) is 0 Å². The van der Waals surface area contributed by atoms with Crippen molar-refractivity contribution in [1.29, 1.82) is 0 Å². The lowest BCUT2D eigenvalue weighted by molar-refractivity contribution is 0.319. The number of aliphatic hydroxyl groups excluding tert-OH is 1. The third-order valence-corrected chi connectivity index (χ3v) is 8.29. The highest BCUT2D eigenvalue weighted by molar-refractivity contribution is 7.95. The number of pyridine rings is 1. The number of hydrogen-bond donors (Lipinski definition) is 2. The van der Waals surface area contributed by atoms with Gasteiger partial charge in [-0.1, -0.05) is 44.8 Å². The molecule has 3 unspecified atom stereocenters. The molecule has 6 heteroatoms. The van der Waals surface area contributed by atoms with Crippen molar-refractivity contribution in [3.05, 3.63) is 53.2 Å². The fourth-order valence-corrected chi connectivity index (χ4v) is 6.21. The van der Waals surface area contributed by atoms with Crippen LogP contribution in [0.15, 0.2) is 47.5 Å². The van der Waals surface area contributed by atoms with Crippen molar-refractivity contribution in [2.24, 2.45) is 17.8 Å². The molecule has 3 atom stereocenters. The molecular weight excluding hydrogens is 384 g/mol. The number of fused-ring (bicyclic) bond motifs is 1. The van der Waals surface area contributed by atoms with E-state index in [0.717, 1.165) is 23.4 Å². The lowest BCUT2D eigenvalue weighted by Crippen LogP contribution is -2.24. The Kier molecular flexibility index (Phi) is 5.93. The molecule has 2 aliphatic rings. The number of H-pyrrole nitrogens is 1. The maximum atomic E-state index is 12.4. The Balaban J connectivity index is 1.64. The van der Waals surface area contributed by atoms with Gasteiger partial charge in [0.25, 0.3) is 0 Å². The van der Waals surface area contributed by atoms with E-state index in [1.807, 2.05) is 12.1 Å². The molecule has 0 radical (unpaired) electrons. The van der Waals surface area contributed by atoms with Crippen LogP contribution in [-0.4, -0.2) is 35.9 Å². The van der Waals surface area contributed by atoms with Crippen LogP contribution in [0.25, 0.3) is 11.0 Å². The van der Waals surface area contributed by atoms with Gasteiger partial charge in [0.05, 0.1) is 17.3 Å². The van der Waals surface area contributed by atoms with E-state index in [1.165, 1.54) is 31.4 Å². The van der Waals surface area contributed by atoms with Crippen molar-refractivity contribution in [1.82, 2.24) is 9.97 Å². The molecule has 0 aromatic carbocycles. The maximum Gasteiger partial charge on any atom is 0.180 e. The van der Waals surface area contributed by atoms with Crippen molar-refractivity contribution in [2.75, 3.05) is 12.4 Å². The Morgan fingerprint density at radius 2 is 2.10 bits per heavy atom. The number of nitrogens with zero attached hydrogens (tertiary/aromatic N) is 1. The fraction of sp³-hybridized carbons (Fsp3) is 0.522. The Bertz CT molecular complexity index is 983. The number of aromatic nitrogens is 2. The van der Waals surface area contributed by atoms with E-state index in [0.29, 0.717) is 10.8 Å². The van der Waals surface area contributed by atoms with Crippen LogP contribution in [0, 0.1) is 17.8 Å². The summed E-state index contributed by atoms with van der Waals surface area (Å²) in [4.78, 5) is 8.33. The van der Waals surface area contributed by atoms with E-state index in [2.05, 4.69) is 35.1 Å². The third-order valence-electron chi connectivity index (χ3n) is 6.57. The molecule has 4 rings (SSSR count). The standard InChI is InChI=1S/C23H30N2O3S/c1-16-13-19(29(27,28)12-11-26)8-9-20(16)21(14-17-5-2-3-6-17)22-15-18-7-4-10-24-23(18)25-22/h4,7-10,13,15-17,20-21,26H,2-3,5-6,11-12,14H2,1H3,(H,24,25). The van der Waals surface area contributed by atoms with Gasteiger partial charge in [0, 0.05) is 23.2 Å². The summed E-state index contributed by atoms with van der Waals surface area (Å²) in [6, 6.07) is 6.24. The lowest BCUT2D eigenvalue weighted by Gasteiger charge is -2.32. The van der Waals surface area contributed by atoms with Crippen molar-refractivity contribution in [2.45, 2.75) is 44.9 Å². The fourth-order valence-electron chi connectivity index (χ4n) is 5.03. The zero-order valence-corrected chi connectivity index (χ0v) is 17.7. The summed E-state index contributed by atoms with van der Waals surface area (Å²) in [5.41, 5.74) is 2.11. The summed E-state index contributed by atoms with van der Waals surface area (Å²) in [7, 11) is -3.42. The quantitative estimate of drug-likeness (QED) is 0.706. The number of nitrogens with one attached hydrogen (secondary N) is 1. The molecule has 29 heavy (non-hydrogen) atoms. The van der Waals surface area contributed by atoms with Crippen LogP contribution >= 0.6 is 0 Å². The van der Waals surface area contributed by atoms with Gasteiger partial charge in [0.15, 0.2) is 9.84 Å². The number of sulfone groups is 1. The Morgan fingerprint density at radius 3 is 2.79 bits per heavy atom. The summed E-state index contributed by atoms with van der Waals surface area (Å²) in [6.07, 6.45) is 13.8. The highest BCUT2D eigenvalue weighted by Crippen LogP contribution is 2.43. The van der Waals surface area contributed by atoms with E-state index in [9.17, 15) is 8.42 Å². The van der Waals surface area contributed by atoms with Gasteiger partial charge in [-0.05, 0) is 48.4 Å². The highest BCUT2D eigenvalue weighted by atomic mass is 32.2. The van der Waals surface area contributed by atoms with Gasteiger partial charge >= 0.3 is 0 Å². The predicted octanol–water partition coefficient (Wildman–Crippen LogP) is 4.34. The maximum absolute atomic E-state index is 12.4. The Labute approximate surface area is 172 Å². The van der Waals surface area contributed by atoms with Gasteiger partial charge in [-0.25, -0.2) is 13.4 Å². The molecule has 1 saturated carbocycles. The molecule has 0 aliphatic heterocycles. The first kappa shape index (κ1) is 20.4. The summed E-state index contributed by atoms with van der Waals surface area (Å²) in [5.74, 6) is 1.14. The smallest absolute Gasteiger partial charge is 0.180 e. The lowest BCUT2D eigenvalue weighted by atomic mass is 9.74. The number of allylic oxidation sites excluding steroid dienone is 3. The number of rotatable bonds is 7. The van der Waals surface area contributed by atoms with E-state index >= 15 is 0 Å². The SMILES string of the molecule is CC1C=C(S(=O)(=O)CCO)C=CC1C(CC1CCCC1)c1cc2cccnc2[nH]1. The molecular formula is C23H30N2O3S. The Morgan fingerprint density at radius 1 is 1.31 bits per heavy atom. The number of aromatic amines is 1. The molecule has 5 nitrogen and oxygen atoms in total. The second-order valence-electron chi connectivity index (χ2n) is 8.57. The molecule has 1 fully saturated rings. The zero-order valence-electron chi connectivity index (χ0n) is 16.9. The average Bonchev–Trinajstić information content (AvgIpc) is 3.35. The van der Waals surface area contributed by atoms with Crippen LogP contribution in [0.1, 0.15) is 50.6 Å². The molecule has 2 heterocycles. The summed E-state index contributed by atoms with van der Waals surface area (Å²) in [6.45, 7) is 1.75. The van der Waals surface area contributed by atoms with Gasteiger partial charge < -0.3 is 10.1 Å². The minimum atomic E-state index is -3.42. The molecule has 2 aromatic heterocycles. The van der Waals surface area contributed by atoms with Gasteiger partial charge in [0.2, 0.25) is 0 Å². The normalized spacial score (nSPS) is 24.1. The number of aliphatic hydroxyl groups is 1. The second kappa shape index (κ2) is 8.44. The highest BCUT2D eigenvalue weighted by Gasteiger charge is 2.33. The minimum Gasteiger partial charge on any atom is -0.395 e. The molecule has 0 saturated heterocycles.